The summed E-state index contributed by atoms with van der Waals surface area (Å²) in [7, 11) is 0. The Morgan fingerprint density at radius 2 is 2.00 bits per heavy atom. The summed E-state index contributed by atoms with van der Waals surface area (Å²) < 4.78 is 0. The number of nitrogens with zero attached hydrogens (tertiary/aromatic N) is 1. The third-order valence-corrected chi connectivity index (χ3v) is 3.47. The smallest absolute Gasteiger partial charge is 0.306 e. The van der Waals surface area contributed by atoms with E-state index in [1.165, 1.54) is 12.0 Å². The summed E-state index contributed by atoms with van der Waals surface area (Å²) in [5.41, 5.74) is 1.20. The lowest BCUT2D eigenvalue weighted by Crippen LogP contribution is -2.28. The molecule has 0 aliphatic heterocycles. The van der Waals surface area contributed by atoms with Crippen LogP contribution in [0.4, 0.5) is 0 Å². The van der Waals surface area contributed by atoms with Crippen LogP contribution in [0.1, 0.15) is 31.2 Å². The van der Waals surface area contributed by atoms with E-state index < -0.39 is 5.97 Å². The quantitative estimate of drug-likeness (QED) is 0.849. The first-order valence-electron chi connectivity index (χ1n) is 5.89. The second kappa shape index (κ2) is 5.10. The third kappa shape index (κ3) is 2.60. The standard InChI is InChI=1S/C13H17NO2/c15-13(16)12-4-2-1-3-11(12)9-10-5-7-14-8-6-10/h5-8,11-12H,1-4,9H2,(H,15,16). The van der Waals surface area contributed by atoms with Crippen LogP contribution in [0, 0.1) is 11.8 Å². The zero-order valence-electron chi connectivity index (χ0n) is 9.30. The molecule has 1 heterocycles. The fourth-order valence-corrected chi connectivity index (χ4v) is 2.60. The van der Waals surface area contributed by atoms with Crippen molar-refractivity contribution in [2.75, 3.05) is 0 Å². The molecular formula is C13H17NO2. The Morgan fingerprint density at radius 1 is 1.31 bits per heavy atom. The lowest BCUT2D eigenvalue weighted by atomic mass is 9.76. The van der Waals surface area contributed by atoms with E-state index in [4.69, 9.17) is 0 Å². The highest BCUT2D eigenvalue weighted by molar-refractivity contribution is 5.70. The van der Waals surface area contributed by atoms with Gasteiger partial charge in [-0.05, 0) is 42.9 Å². The van der Waals surface area contributed by atoms with Crippen LogP contribution in [-0.4, -0.2) is 16.1 Å². The Kier molecular flexibility index (Phi) is 3.54. The molecule has 1 aliphatic carbocycles. The van der Waals surface area contributed by atoms with Crippen LogP contribution >= 0.6 is 0 Å². The van der Waals surface area contributed by atoms with Crippen LogP contribution in [0.3, 0.4) is 0 Å². The van der Waals surface area contributed by atoms with Gasteiger partial charge in [0.2, 0.25) is 0 Å². The number of carboxylic acid groups (broad SMARTS) is 1. The van der Waals surface area contributed by atoms with Gasteiger partial charge in [-0.1, -0.05) is 12.8 Å². The molecule has 0 saturated heterocycles. The first-order chi connectivity index (χ1) is 7.77. The molecule has 2 unspecified atom stereocenters. The average molecular weight is 219 g/mol. The minimum absolute atomic E-state index is 0.151. The fraction of sp³-hybridized carbons (Fsp3) is 0.538. The van der Waals surface area contributed by atoms with E-state index >= 15 is 0 Å². The molecule has 2 rings (SSSR count). The molecule has 1 saturated carbocycles. The number of rotatable bonds is 3. The maximum absolute atomic E-state index is 11.1. The Morgan fingerprint density at radius 3 is 2.69 bits per heavy atom. The zero-order valence-corrected chi connectivity index (χ0v) is 9.30. The molecule has 3 nitrogen and oxygen atoms in total. The summed E-state index contributed by atoms with van der Waals surface area (Å²) in [5.74, 6) is -0.477. The molecule has 1 aliphatic rings. The Hall–Kier alpha value is -1.38. The van der Waals surface area contributed by atoms with Crippen LogP contribution in [0.25, 0.3) is 0 Å². The molecule has 1 aromatic heterocycles. The minimum Gasteiger partial charge on any atom is -0.481 e. The fourth-order valence-electron chi connectivity index (χ4n) is 2.60. The van der Waals surface area contributed by atoms with E-state index in [0.29, 0.717) is 5.92 Å². The van der Waals surface area contributed by atoms with Crippen LogP contribution in [0.15, 0.2) is 24.5 Å². The molecule has 86 valence electrons. The van der Waals surface area contributed by atoms with E-state index in [2.05, 4.69) is 4.98 Å². The van der Waals surface area contributed by atoms with Crippen molar-refractivity contribution in [3.8, 4) is 0 Å². The van der Waals surface area contributed by atoms with Crippen molar-refractivity contribution in [1.82, 2.24) is 4.98 Å². The largest absolute Gasteiger partial charge is 0.481 e. The number of carboxylic acids is 1. The van der Waals surface area contributed by atoms with Gasteiger partial charge in [-0.15, -0.1) is 0 Å². The SMILES string of the molecule is O=C(O)C1CCCCC1Cc1ccncc1. The van der Waals surface area contributed by atoms with Crippen LogP contribution in [0.2, 0.25) is 0 Å². The van der Waals surface area contributed by atoms with E-state index in [-0.39, 0.29) is 5.92 Å². The van der Waals surface area contributed by atoms with Crippen molar-refractivity contribution in [2.24, 2.45) is 11.8 Å². The predicted octanol–water partition coefficient (Wildman–Crippen LogP) is 2.52. The van der Waals surface area contributed by atoms with Crippen LogP contribution in [-0.2, 0) is 11.2 Å². The summed E-state index contributed by atoms with van der Waals surface area (Å²) in [4.78, 5) is 15.1. The van der Waals surface area contributed by atoms with Crippen molar-refractivity contribution in [2.45, 2.75) is 32.1 Å². The maximum atomic E-state index is 11.1. The van der Waals surface area contributed by atoms with Gasteiger partial charge in [-0.2, -0.15) is 0 Å². The maximum Gasteiger partial charge on any atom is 0.306 e. The van der Waals surface area contributed by atoms with E-state index in [1.807, 2.05) is 12.1 Å². The number of pyridine rings is 1. The van der Waals surface area contributed by atoms with Gasteiger partial charge in [0.15, 0.2) is 0 Å². The predicted molar refractivity (Wildman–Crippen MR) is 61.0 cm³/mol. The lowest BCUT2D eigenvalue weighted by Gasteiger charge is -2.28. The number of hydrogen-bond donors (Lipinski definition) is 1. The second-order valence-electron chi connectivity index (χ2n) is 4.55. The van der Waals surface area contributed by atoms with Crippen LogP contribution in [0.5, 0.6) is 0 Å². The normalized spacial score (nSPS) is 25.2. The highest BCUT2D eigenvalue weighted by atomic mass is 16.4. The topological polar surface area (TPSA) is 50.2 Å². The van der Waals surface area contributed by atoms with Gasteiger partial charge in [0.1, 0.15) is 0 Å². The summed E-state index contributed by atoms with van der Waals surface area (Å²) in [5, 5.41) is 9.17. The Bertz CT molecular complexity index is 350. The van der Waals surface area contributed by atoms with Gasteiger partial charge in [0.25, 0.3) is 0 Å². The van der Waals surface area contributed by atoms with Gasteiger partial charge in [-0.3, -0.25) is 9.78 Å². The molecule has 0 aromatic carbocycles. The second-order valence-corrected chi connectivity index (χ2v) is 4.55. The third-order valence-electron chi connectivity index (χ3n) is 3.47. The first-order valence-corrected chi connectivity index (χ1v) is 5.89. The van der Waals surface area contributed by atoms with Gasteiger partial charge in [-0.25, -0.2) is 0 Å². The number of hydrogen-bond acceptors (Lipinski definition) is 2. The molecule has 2 atom stereocenters. The molecule has 1 fully saturated rings. The number of aliphatic carboxylic acids is 1. The highest BCUT2D eigenvalue weighted by Crippen LogP contribution is 2.32. The molecule has 0 radical (unpaired) electrons. The molecule has 0 bridgehead atoms. The Labute approximate surface area is 95.5 Å². The van der Waals surface area contributed by atoms with Crippen molar-refractivity contribution in [1.29, 1.82) is 0 Å². The zero-order chi connectivity index (χ0) is 11.4. The summed E-state index contributed by atoms with van der Waals surface area (Å²) >= 11 is 0. The summed E-state index contributed by atoms with van der Waals surface area (Å²) in [6.07, 6.45) is 8.52. The monoisotopic (exact) mass is 219 g/mol. The van der Waals surface area contributed by atoms with Gasteiger partial charge >= 0.3 is 5.97 Å². The van der Waals surface area contributed by atoms with E-state index in [1.54, 1.807) is 12.4 Å². The first kappa shape index (κ1) is 11.1. The van der Waals surface area contributed by atoms with Crippen molar-refractivity contribution in [3.05, 3.63) is 30.1 Å². The average Bonchev–Trinajstić information content (AvgIpc) is 2.31. The molecule has 0 spiro atoms. The van der Waals surface area contributed by atoms with Gasteiger partial charge in [0, 0.05) is 12.4 Å². The van der Waals surface area contributed by atoms with E-state index in [9.17, 15) is 9.90 Å². The van der Waals surface area contributed by atoms with Crippen molar-refractivity contribution < 1.29 is 9.90 Å². The molecule has 1 N–H and O–H groups in total. The molecular weight excluding hydrogens is 202 g/mol. The molecule has 3 heteroatoms. The van der Waals surface area contributed by atoms with Gasteiger partial charge in [0.05, 0.1) is 5.92 Å². The molecule has 16 heavy (non-hydrogen) atoms. The van der Waals surface area contributed by atoms with Gasteiger partial charge < -0.3 is 5.11 Å². The molecule has 1 aromatic rings. The van der Waals surface area contributed by atoms with Crippen molar-refractivity contribution in [3.63, 3.8) is 0 Å². The number of carbonyl (C=O) groups is 1. The van der Waals surface area contributed by atoms with Crippen LogP contribution < -0.4 is 0 Å². The minimum atomic E-state index is -0.626. The van der Waals surface area contributed by atoms with Crippen molar-refractivity contribution >= 4 is 5.97 Å². The number of aromatic nitrogens is 1. The van der Waals surface area contributed by atoms with E-state index in [0.717, 1.165) is 25.7 Å². The Balaban J connectivity index is 2.04. The molecule has 0 amide bonds. The highest BCUT2D eigenvalue weighted by Gasteiger charge is 2.30. The summed E-state index contributed by atoms with van der Waals surface area (Å²) in [6, 6.07) is 3.96. The summed E-state index contributed by atoms with van der Waals surface area (Å²) in [6.45, 7) is 0. The lowest BCUT2D eigenvalue weighted by molar-refractivity contribution is -0.144.